The van der Waals surface area contributed by atoms with Crippen LogP contribution in [0.15, 0.2) is 170 Å². The first kappa shape index (κ1) is 32.5. The molecule has 0 amide bonds. The Bertz CT molecular complexity index is 2300. The van der Waals surface area contributed by atoms with Gasteiger partial charge in [0.15, 0.2) is 0 Å². The summed E-state index contributed by atoms with van der Waals surface area (Å²) in [5.74, 6) is -1.89. The van der Waals surface area contributed by atoms with E-state index in [1.165, 1.54) is 0 Å². The smallest absolute Gasteiger partial charge is 0.348 e. The molecule has 7 aromatic carbocycles. The largest absolute Gasteiger partial charge is 0.386 e. The van der Waals surface area contributed by atoms with Crippen LogP contribution in [-0.4, -0.2) is 11.9 Å². The van der Waals surface area contributed by atoms with Crippen molar-refractivity contribution < 1.29 is 14.3 Å². The van der Waals surface area contributed by atoms with Crippen molar-refractivity contribution >= 4 is 46.1 Å². The third-order valence-electron chi connectivity index (χ3n) is 9.20. The Hall–Kier alpha value is -7.74. The lowest BCUT2D eigenvalue weighted by Gasteiger charge is -2.26. The number of anilines is 6. The molecule has 7 aromatic rings. The number of ether oxygens (including phenoxy) is 1. The number of carbonyl (C=O) groups excluding carboxylic acids is 2. The molecule has 0 unspecified atom stereocenters. The first-order chi connectivity index (χ1) is 26.1. The molecule has 0 saturated heterocycles. The summed E-state index contributed by atoms with van der Waals surface area (Å²) in [5.41, 5.74) is 7.00. The molecule has 8 rings (SSSR count). The number of cyclic esters (lactones) is 2. The zero-order valence-electron chi connectivity index (χ0n) is 28.2. The summed E-state index contributed by atoms with van der Waals surface area (Å²) in [6.45, 7) is 0. The molecule has 0 N–H and O–H groups in total. The van der Waals surface area contributed by atoms with E-state index >= 15 is 0 Å². The van der Waals surface area contributed by atoms with Crippen LogP contribution in [0.3, 0.4) is 0 Å². The standard InChI is InChI=1S/C46H28N4O3/c47-29-39-41(31-21-25-37(26-22-31)49(33-13-5-1-6-14-33)34-15-7-2-8-16-34)42(40(30-48)44-43(39)45(51)53-46(44)52)32-23-27-38(28-24-32)50(35-17-9-3-10-18-35)36-19-11-4-12-20-36/h1-28H. The van der Waals surface area contributed by atoms with Crippen molar-refractivity contribution in [1.82, 2.24) is 0 Å². The number of nitriles is 2. The van der Waals surface area contributed by atoms with E-state index < -0.39 is 11.9 Å². The first-order valence-corrected chi connectivity index (χ1v) is 16.9. The molecular weight excluding hydrogens is 657 g/mol. The third kappa shape index (κ3) is 5.85. The summed E-state index contributed by atoms with van der Waals surface area (Å²) in [5, 5.41) is 21.3. The van der Waals surface area contributed by atoms with Gasteiger partial charge in [0.25, 0.3) is 0 Å². The quantitative estimate of drug-likeness (QED) is 0.116. The van der Waals surface area contributed by atoms with Gasteiger partial charge >= 0.3 is 11.9 Å². The fourth-order valence-electron chi connectivity index (χ4n) is 6.90. The minimum Gasteiger partial charge on any atom is -0.386 e. The van der Waals surface area contributed by atoms with Crippen LogP contribution in [0.25, 0.3) is 22.3 Å². The van der Waals surface area contributed by atoms with E-state index in [0.29, 0.717) is 22.3 Å². The average molecular weight is 685 g/mol. The van der Waals surface area contributed by atoms with Crippen molar-refractivity contribution in [3.63, 3.8) is 0 Å². The Morgan fingerprint density at radius 2 is 0.623 bits per heavy atom. The van der Waals surface area contributed by atoms with E-state index in [0.717, 1.165) is 34.1 Å². The maximum absolute atomic E-state index is 13.1. The zero-order chi connectivity index (χ0) is 36.3. The van der Waals surface area contributed by atoms with E-state index in [4.69, 9.17) is 4.74 Å². The van der Waals surface area contributed by atoms with Gasteiger partial charge in [0.1, 0.15) is 12.1 Å². The van der Waals surface area contributed by atoms with Crippen molar-refractivity contribution in [2.45, 2.75) is 0 Å². The Kier molecular flexibility index (Phi) is 8.50. The molecule has 0 saturated carbocycles. The molecule has 1 aliphatic rings. The fourth-order valence-corrected chi connectivity index (χ4v) is 6.90. The molecule has 0 radical (unpaired) electrons. The maximum atomic E-state index is 13.1. The summed E-state index contributed by atoms with van der Waals surface area (Å²) in [7, 11) is 0. The molecule has 0 bridgehead atoms. The molecule has 7 nitrogen and oxygen atoms in total. The van der Waals surface area contributed by atoms with Gasteiger partial charge < -0.3 is 14.5 Å². The van der Waals surface area contributed by atoms with E-state index in [-0.39, 0.29) is 22.3 Å². The van der Waals surface area contributed by atoms with Gasteiger partial charge in [0.05, 0.1) is 22.3 Å². The zero-order valence-corrected chi connectivity index (χ0v) is 28.2. The molecule has 0 fully saturated rings. The van der Waals surface area contributed by atoms with Crippen LogP contribution in [0.5, 0.6) is 0 Å². The molecule has 0 spiro atoms. The van der Waals surface area contributed by atoms with E-state index in [1.54, 1.807) is 0 Å². The summed E-state index contributed by atoms with van der Waals surface area (Å²) in [4.78, 5) is 30.4. The second kappa shape index (κ2) is 13.9. The minimum atomic E-state index is -0.946. The maximum Gasteiger partial charge on any atom is 0.348 e. The monoisotopic (exact) mass is 684 g/mol. The number of benzene rings is 7. The topological polar surface area (TPSA) is 97.4 Å². The average Bonchev–Trinajstić information content (AvgIpc) is 3.52. The molecule has 1 heterocycles. The van der Waals surface area contributed by atoms with E-state index in [9.17, 15) is 20.1 Å². The minimum absolute atomic E-state index is 0.0279. The van der Waals surface area contributed by atoms with Gasteiger partial charge in [-0.2, -0.15) is 10.5 Å². The lowest BCUT2D eigenvalue weighted by atomic mass is 9.82. The second-order valence-electron chi connectivity index (χ2n) is 12.3. The Morgan fingerprint density at radius 3 is 0.887 bits per heavy atom. The predicted octanol–water partition coefficient (Wildman–Crippen LogP) is 11.0. The molecule has 7 heteroatoms. The highest BCUT2D eigenvalue weighted by atomic mass is 16.6. The summed E-state index contributed by atoms with van der Waals surface area (Å²) < 4.78 is 5.00. The van der Waals surface area contributed by atoms with Crippen LogP contribution in [0.4, 0.5) is 34.1 Å². The number of nitrogens with zero attached hydrogens (tertiary/aromatic N) is 4. The molecular formula is C46H28N4O3. The summed E-state index contributed by atoms with van der Waals surface area (Å²) in [6.07, 6.45) is 0. The van der Waals surface area contributed by atoms with Crippen molar-refractivity contribution in [2.75, 3.05) is 9.80 Å². The van der Waals surface area contributed by atoms with E-state index in [2.05, 4.69) is 21.9 Å². The van der Waals surface area contributed by atoms with Gasteiger partial charge in [-0.25, -0.2) is 9.59 Å². The number of rotatable bonds is 8. The van der Waals surface area contributed by atoms with Crippen LogP contribution in [0, 0.1) is 22.7 Å². The van der Waals surface area contributed by atoms with Gasteiger partial charge in [-0.3, -0.25) is 0 Å². The highest BCUT2D eigenvalue weighted by Crippen LogP contribution is 2.45. The number of hydrogen-bond donors (Lipinski definition) is 0. The number of carbonyl (C=O) groups is 2. The van der Waals surface area contributed by atoms with Crippen molar-refractivity contribution in [1.29, 1.82) is 10.5 Å². The molecule has 0 aromatic heterocycles. The highest BCUT2D eigenvalue weighted by Gasteiger charge is 2.39. The Labute approximate surface area is 306 Å². The Morgan fingerprint density at radius 1 is 0.358 bits per heavy atom. The van der Waals surface area contributed by atoms with Crippen LogP contribution >= 0.6 is 0 Å². The van der Waals surface area contributed by atoms with Gasteiger partial charge in [0, 0.05) is 45.3 Å². The number of fused-ring (bicyclic) bond motifs is 1. The van der Waals surface area contributed by atoms with Crippen molar-refractivity contribution in [3.8, 4) is 34.4 Å². The highest BCUT2D eigenvalue weighted by molar-refractivity contribution is 6.20. The van der Waals surface area contributed by atoms with Gasteiger partial charge in [-0.15, -0.1) is 0 Å². The SMILES string of the molecule is N#Cc1c2c(c(C#N)c(-c3ccc(N(c4ccccc4)c4ccccc4)cc3)c1-c1ccc(N(c3ccccc3)c3ccccc3)cc1)C(=O)OC2=O. The number of hydrogen-bond acceptors (Lipinski definition) is 7. The lowest BCUT2D eigenvalue weighted by molar-refractivity contribution is 0.0443. The van der Waals surface area contributed by atoms with Gasteiger partial charge in [0.2, 0.25) is 0 Å². The fraction of sp³-hybridized carbons (Fsp3) is 0. The lowest BCUT2D eigenvalue weighted by Crippen LogP contribution is -2.10. The van der Waals surface area contributed by atoms with Crippen molar-refractivity contribution in [2.24, 2.45) is 0 Å². The van der Waals surface area contributed by atoms with E-state index in [1.807, 2.05) is 170 Å². The predicted molar refractivity (Wildman–Crippen MR) is 206 cm³/mol. The normalized spacial score (nSPS) is 11.6. The van der Waals surface area contributed by atoms with Crippen LogP contribution in [-0.2, 0) is 4.74 Å². The molecule has 0 aliphatic carbocycles. The molecule has 0 atom stereocenters. The number of para-hydroxylation sites is 4. The molecule has 250 valence electrons. The summed E-state index contributed by atoms with van der Waals surface area (Å²) >= 11 is 0. The molecule has 53 heavy (non-hydrogen) atoms. The van der Waals surface area contributed by atoms with Gasteiger partial charge in [-0.1, -0.05) is 97.1 Å². The second-order valence-corrected chi connectivity index (χ2v) is 12.3. The van der Waals surface area contributed by atoms with Gasteiger partial charge in [-0.05, 0) is 83.9 Å². The first-order valence-electron chi connectivity index (χ1n) is 16.9. The Balaban J connectivity index is 1.31. The number of esters is 2. The van der Waals surface area contributed by atoms with Crippen LogP contribution < -0.4 is 9.80 Å². The van der Waals surface area contributed by atoms with Crippen LogP contribution in [0.1, 0.15) is 31.8 Å². The summed E-state index contributed by atoms with van der Waals surface area (Å²) in [6, 6.07) is 59.4. The third-order valence-corrected chi connectivity index (χ3v) is 9.20. The van der Waals surface area contributed by atoms with Crippen molar-refractivity contribution in [3.05, 3.63) is 192 Å². The van der Waals surface area contributed by atoms with Crippen LogP contribution in [0.2, 0.25) is 0 Å². The molecule has 1 aliphatic heterocycles.